The number of benzene rings is 1. The maximum absolute atomic E-state index is 12.8. The zero-order valence-electron chi connectivity index (χ0n) is 14.7. The van der Waals surface area contributed by atoms with Crippen LogP contribution >= 0.6 is 0 Å². The van der Waals surface area contributed by atoms with E-state index in [9.17, 15) is 9.59 Å². The predicted octanol–water partition coefficient (Wildman–Crippen LogP) is 4.33. The Morgan fingerprint density at radius 1 is 0.920 bits per heavy atom. The standard InChI is InChI=1S/C21H27NO3/c23-20(16-8-4-5-9-16)17-12-18-10-11-19(13-17)22(18)21(24)25-14-15-6-2-1-3-7-15/h1-3,6-7,16-19H,4-5,8-14H2. The zero-order valence-corrected chi connectivity index (χ0v) is 14.7. The number of nitrogens with zero attached hydrogens (tertiary/aromatic N) is 1. The van der Waals surface area contributed by atoms with Crippen LogP contribution in [0.4, 0.5) is 4.79 Å². The molecule has 2 heterocycles. The Bertz CT molecular complexity index is 609. The third kappa shape index (κ3) is 3.44. The minimum atomic E-state index is -0.205. The summed E-state index contributed by atoms with van der Waals surface area (Å²) in [5.41, 5.74) is 1.01. The Morgan fingerprint density at radius 3 is 2.20 bits per heavy atom. The molecule has 0 aromatic heterocycles. The highest BCUT2D eigenvalue weighted by atomic mass is 16.6. The maximum Gasteiger partial charge on any atom is 0.410 e. The summed E-state index contributed by atoms with van der Waals surface area (Å²) in [7, 11) is 0. The molecule has 2 aliphatic heterocycles. The summed E-state index contributed by atoms with van der Waals surface area (Å²) in [6.45, 7) is 0.319. The molecule has 0 N–H and O–H groups in total. The van der Waals surface area contributed by atoms with Gasteiger partial charge in [0.05, 0.1) is 0 Å². The number of ether oxygens (including phenoxy) is 1. The van der Waals surface area contributed by atoms with Gasteiger partial charge in [0.1, 0.15) is 12.4 Å². The molecule has 2 atom stereocenters. The largest absolute Gasteiger partial charge is 0.445 e. The van der Waals surface area contributed by atoms with Crippen molar-refractivity contribution < 1.29 is 14.3 Å². The monoisotopic (exact) mass is 341 g/mol. The number of rotatable bonds is 4. The number of carbonyl (C=O) groups excluding carboxylic acids is 2. The number of amides is 1. The fraction of sp³-hybridized carbons (Fsp3) is 0.619. The molecule has 2 saturated heterocycles. The lowest BCUT2D eigenvalue weighted by atomic mass is 9.82. The van der Waals surface area contributed by atoms with Crippen LogP contribution in [-0.2, 0) is 16.1 Å². The molecule has 1 aromatic carbocycles. The van der Waals surface area contributed by atoms with E-state index in [0.717, 1.165) is 44.1 Å². The smallest absolute Gasteiger partial charge is 0.410 e. The fourth-order valence-electron chi connectivity index (χ4n) is 5.04. The summed E-state index contributed by atoms with van der Waals surface area (Å²) in [5.74, 6) is 0.937. The van der Waals surface area contributed by atoms with Gasteiger partial charge in [-0.1, -0.05) is 43.2 Å². The Balaban J connectivity index is 1.35. The van der Waals surface area contributed by atoms with Gasteiger partial charge in [0.2, 0.25) is 0 Å². The summed E-state index contributed by atoms with van der Waals surface area (Å²) >= 11 is 0. The van der Waals surface area contributed by atoms with Gasteiger partial charge in [-0.3, -0.25) is 4.79 Å². The van der Waals surface area contributed by atoms with Crippen molar-refractivity contribution in [2.75, 3.05) is 0 Å². The molecule has 3 fully saturated rings. The molecule has 0 radical (unpaired) electrons. The first-order valence-corrected chi connectivity index (χ1v) is 9.75. The minimum absolute atomic E-state index is 0.166. The Morgan fingerprint density at radius 2 is 1.56 bits per heavy atom. The molecule has 25 heavy (non-hydrogen) atoms. The third-order valence-corrected chi connectivity index (χ3v) is 6.31. The van der Waals surface area contributed by atoms with Gasteiger partial charge >= 0.3 is 6.09 Å². The molecule has 1 aromatic rings. The Kier molecular flexibility index (Phi) is 4.78. The maximum atomic E-state index is 12.8. The second kappa shape index (κ2) is 7.19. The van der Waals surface area contributed by atoms with Crippen LogP contribution in [0.1, 0.15) is 56.9 Å². The van der Waals surface area contributed by atoms with Crippen molar-refractivity contribution in [3.63, 3.8) is 0 Å². The molecule has 1 aliphatic carbocycles. The highest BCUT2D eigenvalue weighted by Gasteiger charge is 2.46. The van der Waals surface area contributed by atoms with Gasteiger partial charge in [-0.15, -0.1) is 0 Å². The lowest BCUT2D eigenvalue weighted by Crippen LogP contribution is -2.48. The molecule has 4 heteroatoms. The molecule has 134 valence electrons. The molecule has 2 bridgehead atoms. The molecule has 3 aliphatic rings. The van der Waals surface area contributed by atoms with Crippen molar-refractivity contribution in [3.05, 3.63) is 35.9 Å². The lowest BCUT2D eigenvalue weighted by Gasteiger charge is -2.38. The van der Waals surface area contributed by atoms with Crippen molar-refractivity contribution in [2.45, 2.75) is 70.1 Å². The van der Waals surface area contributed by atoms with Crippen LogP contribution in [0.5, 0.6) is 0 Å². The van der Waals surface area contributed by atoms with Crippen LogP contribution < -0.4 is 0 Å². The molecular weight excluding hydrogens is 314 g/mol. The first kappa shape index (κ1) is 16.6. The van der Waals surface area contributed by atoms with Crippen molar-refractivity contribution >= 4 is 11.9 Å². The van der Waals surface area contributed by atoms with Gasteiger partial charge in [-0.2, -0.15) is 0 Å². The van der Waals surface area contributed by atoms with Crippen LogP contribution in [0.3, 0.4) is 0 Å². The molecule has 4 rings (SSSR count). The van der Waals surface area contributed by atoms with Gasteiger partial charge in [0.15, 0.2) is 0 Å². The van der Waals surface area contributed by atoms with Crippen LogP contribution in [0.2, 0.25) is 0 Å². The number of Topliss-reactive ketones (excluding diaryl/α,β-unsaturated/α-hetero) is 1. The Hall–Kier alpha value is -1.84. The van der Waals surface area contributed by atoms with E-state index in [1.54, 1.807) is 0 Å². The normalized spacial score (nSPS) is 29.0. The number of fused-ring (bicyclic) bond motifs is 2. The first-order valence-electron chi connectivity index (χ1n) is 9.75. The summed E-state index contributed by atoms with van der Waals surface area (Å²) in [6.07, 6.45) is 8.06. The van der Waals surface area contributed by atoms with Gasteiger partial charge in [0.25, 0.3) is 0 Å². The molecule has 2 unspecified atom stereocenters. The fourth-order valence-corrected chi connectivity index (χ4v) is 5.04. The highest BCUT2D eigenvalue weighted by Crippen LogP contribution is 2.41. The lowest BCUT2D eigenvalue weighted by molar-refractivity contribution is -0.129. The Labute approximate surface area is 149 Å². The number of hydrogen-bond acceptors (Lipinski definition) is 3. The highest BCUT2D eigenvalue weighted by molar-refractivity contribution is 5.84. The van der Waals surface area contributed by atoms with E-state index in [0.29, 0.717) is 18.3 Å². The zero-order chi connectivity index (χ0) is 17.2. The van der Waals surface area contributed by atoms with E-state index in [-0.39, 0.29) is 24.1 Å². The van der Waals surface area contributed by atoms with Gasteiger partial charge in [-0.05, 0) is 44.1 Å². The second-order valence-corrected chi connectivity index (χ2v) is 7.88. The third-order valence-electron chi connectivity index (χ3n) is 6.31. The van der Waals surface area contributed by atoms with Gasteiger partial charge in [-0.25, -0.2) is 4.79 Å². The van der Waals surface area contributed by atoms with E-state index in [2.05, 4.69) is 0 Å². The number of carbonyl (C=O) groups is 2. The molecular formula is C21H27NO3. The van der Waals surface area contributed by atoms with E-state index in [1.165, 1.54) is 12.8 Å². The van der Waals surface area contributed by atoms with Gasteiger partial charge in [0, 0.05) is 23.9 Å². The predicted molar refractivity (Wildman–Crippen MR) is 95.0 cm³/mol. The van der Waals surface area contributed by atoms with Crippen molar-refractivity contribution in [1.29, 1.82) is 0 Å². The summed E-state index contributed by atoms with van der Waals surface area (Å²) in [5, 5.41) is 0. The van der Waals surface area contributed by atoms with E-state index < -0.39 is 0 Å². The number of ketones is 1. The first-order chi connectivity index (χ1) is 12.2. The van der Waals surface area contributed by atoms with Gasteiger partial charge < -0.3 is 9.64 Å². The second-order valence-electron chi connectivity index (χ2n) is 7.88. The van der Waals surface area contributed by atoms with E-state index >= 15 is 0 Å². The SMILES string of the molecule is O=C(C1CCCC1)C1CC2CCC(C1)N2C(=O)OCc1ccccc1. The van der Waals surface area contributed by atoms with Crippen LogP contribution in [0.25, 0.3) is 0 Å². The van der Waals surface area contributed by atoms with Crippen molar-refractivity contribution in [1.82, 2.24) is 4.90 Å². The molecule has 4 nitrogen and oxygen atoms in total. The van der Waals surface area contributed by atoms with Crippen molar-refractivity contribution in [3.8, 4) is 0 Å². The van der Waals surface area contributed by atoms with Crippen molar-refractivity contribution in [2.24, 2.45) is 11.8 Å². The molecule has 1 saturated carbocycles. The average molecular weight is 341 g/mol. The molecule has 1 amide bonds. The van der Waals surface area contributed by atoms with E-state index in [4.69, 9.17) is 4.74 Å². The number of piperidine rings is 1. The van der Waals surface area contributed by atoms with Crippen LogP contribution in [-0.4, -0.2) is 28.9 Å². The average Bonchev–Trinajstić information content (AvgIpc) is 3.26. The number of hydrogen-bond donors (Lipinski definition) is 0. The summed E-state index contributed by atoms with van der Waals surface area (Å²) in [6, 6.07) is 10.2. The summed E-state index contributed by atoms with van der Waals surface area (Å²) in [4.78, 5) is 27.3. The van der Waals surface area contributed by atoms with E-state index in [1.807, 2.05) is 35.2 Å². The molecule has 0 spiro atoms. The van der Waals surface area contributed by atoms with Crippen LogP contribution in [0.15, 0.2) is 30.3 Å². The summed E-state index contributed by atoms with van der Waals surface area (Å²) < 4.78 is 5.55. The quantitative estimate of drug-likeness (QED) is 0.819. The minimum Gasteiger partial charge on any atom is -0.445 e. The van der Waals surface area contributed by atoms with Crippen LogP contribution in [0, 0.1) is 11.8 Å². The topological polar surface area (TPSA) is 46.6 Å².